The molecule has 0 amide bonds. The number of rotatable bonds is 4. The minimum Gasteiger partial charge on any atom is -0.497 e. The first-order valence-corrected chi connectivity index (χ1v) is 10.5. The number of anilines is 1. The SMILES string of the molecule is COc1ccc(N2CCN(S(=O)(=O)c3ccc4c(c3)CCC4)CC2)cc1. The lowest BCUT2D eigenvalue weighted by molar-refractivity contribution is 0.384. The number of hydrogen-bond acceptors (Lipinski definition) is 4. The van der Waals surface area contributed by atoms with Crippen LogP contribution in [0, 0.1) is 0 Å². The molecule has 1 saturated heterocycles. The Kier molecular flexibility index (Phi) is 4.63. The second-order valence-electron chi connectivity index (χ2n) is 6.87. The van der Waals surface area contributed by atoms with Crippen molar-refractivity contribution in [3.8, 4) is 5.75 Å². The molecule has 1 aliphatic heterocycles. The van der Waals surface area contributed by atoms with Crippen LogP contribution >= 0.6 is 0 Å². The molecule has 1 aliphatic carbocycles. The molecular formula is C20H24N2O3S. The number of sulfonamides is 1. The van der Waals surface area contributed by atoms with Crippen molar-refractivity contribution < 1.29 is 13.2 Å². The van der Waals surface area contributed by atoms with Gasteiger partial charge in [-0.2, -0.15) is 4.31 Å². The number of ether oxygens (including phenoxy) is 1. The molecule has 0 saturated carbocycles. The van der Waals surface area contributed by atoms with E-state index in [9.17, 15) is 8.42 Å². The van der Waals surface area contributed by atoms with Crippen LogP contribution in [0.2, 0.25) is 0 Å². The molecule has 26 heavy (non-hydrogen) atoms. The fraction of sp³-hybridized carbons (Fsp3) is 0.400. The van der Waals surface area contributed by atoms with E-state index in [1.165, 1.54) is 11.1 Å². The summed E-state index contributed by atoms with van der Waals surface area (Å²) >= 11 is 0. The van der Waals surface area contributed by atoms with E-state index in [-0.39, 0.29) is 0 Å². The van der Waals surface area contributed by atoms with Crippen molar-refractivity contribution in [1.29, 1.82) is 0 Å². The number of nitrogens with zero attached hydrogens (tertiary/aromatic N) is 2. The van der Waals surface area contributed by atoms with Gasteiger partial charge in [-0.05, 0) is 66.8 Å². The third-order valence-corrected chi connectivity index (χ3v) is 7.28. The van der Waals surface area contributed by atoms with Gasteiger partial charge in [-0.15, -0.1) is 0 Å². The Bertz CT molecular complexity index is 886. The van der Waals surface area contributed by atoms with Crippen molar-refractivity contribution >= 4 is 15.7 Å². The third-order valence-electron chi connectivity index (χ3n) is 5.38. The van der Waals surface area contributed by atoms with Gasteiger partial charge in [0.15, 0.2) is 0 Å². The summed E-state index contributed by atoms with van der Waals surface area (Å²) in [5.41, 5.74) is 3.59. The molecule has 6 heteroatoms. The highest BCUT2D eigenvalue weighted by atomic mass is 32.2. The van der Waals surface area contributed by atoms with Crippen LogP contribution in [0.3, 0.4) is 0 Å². The summed E-state index contributed by atoms with van der Waals surface area (Å²) in [6.07, 6.45) is 3.18. The number of hydrogen-bond donors (Lipinski definition) is 0. The van der Waals surface area contributed by atoms with Crippen LogP contribution in [0.5, 0.6) is 5.75 Å². The van der Waals surface area contributed by atoms with Crippen molar-refractivity contribution in [1.82, 2.24) is 4.31 Å². The lowest BCUT2D eigenvalue weighted by atomic mass is 10.1. The van der Waals surface area contributed by atoms with Crippen molar-refractivity contribution in [2.45, 2.75) is 24.2 Å². The number of aryl methyl sites for hydroxylation is 2. The smallest absolute Gasteiger partial charge is 0.243 e. The molecule has 2 aromatic rings. The maximum Gasteiger partial charge on any atom is 0.243 e. The van der Waals surface area contributed by atoms with Crippen LogP contribution < -0.4 is 9.64 Å². The monoisotopic (exact) mass is 372 g/mol. The molecule has 0 aromatic heterocycles. The zero-order chi connectivity index (χ0) is 18.1. The predicted octanol–water partition coefficient (Wildman–Crippen LogP) is 2.69. The summed E-state index contributed by atoms with van der Waals surface area (Å²) < 4.78 is 32.8. The van der Waals surface area contributed by atoms with Gasteiger partial charge in [0.1, 0.15) is 5.75 Å². The molecular weight excluding hydrogens is 348 g/mol. The highest BCUT2D eigenvalue weighted by Gasteiger charge is 2.29. The summed E-state index contributed by atoms with van der Waals surface area (Å²) in [7, 11) is -1.76. The molecule has 138 valence electrons. The van der Waals surface area contributed by atoms with Gasteiger partial charge in [-0.25, -0.2) is 8.42 Å². The van der Waals surface area contributed by atoms with E-state index in [0.717, 1.165) is 30.7 Å². The molecule has 1 heterocycles. The van der Waals surface area contributed by atoms with Crippen LogP contribution in [0.25, 0.3) is 0 Å². The molecule has 2 aromatic carbocycles. The highest BCUT2D eigenvalue weighted by molar-refractivity contribution is 7.89. The molecule has 0 radical (unpaired) electrons. The quantitative estimate of drug-likeness (QED) is 0.828. The van der Waals surface area contributed by atoms with E-state index < -0.39 is 10.0 Å². The van der Waals surface area contributed by atoms with Crippen LogP contribution in [-0.2, 0) is 22.9 Å². The summed E-state index contributed by atoms with van der Waals surface area (Å²) in [4.78, 5) is 2.66. The number of benzene rings is 2. The number of methoxy groups -OCH3 is 1. The molecule has 0 N–H and O–H groups in total. The third kappa shape index (κ3) is 3.19. The lowest BCUT2D eigenvalue weighted by Gasteiger charge is -2.35. The van der Waals surface area contributed by atoms with Gasteiger partial charge in [-0.1, -0.05) is 6.07 Å². The Morgan fingerprint density at radius 2 is 1.58 bits per heavy atom. The van der Waals surface area contributed by atoms with Gasteiger partial charge in [-0.3, -0.25) is 0 Å². The summed E-state index contributed by atoms with van der Waals surface area (Å²) in [6, 6.07) is 13.5. The van der Waals surface area contributed by atoms with Crippen LogP contribution in [0.4, 0.5) is 5.69 Å². The van der Waals surface area contributed by atoms with Gasteiger partial charge in [0, 0.05) is 31.9 Å². The first-order chi connectivity index (χ1) is 12.6. The summed E-state index contributed by atoms with van der Waals surface area (Å²) in [5.74, 6) is 0.826. The summed E-state index contributed by atoms with van der Waals surface area (Å²) in [6.45, 7) is 2.39. The fourth-order valence-corrected chi connectivity index (χ4v) is 5.31. The Hall–Kier alpha value is -2.05. The minimum atomic E-state index is -3.41. The topological polar surface area (TPSA) is 49.9 Å². The maximum atomic E-state index is 13.0. The molecule has 0 unspecified atom stereocenters. The van der Waals surface area contributed by atoms with Crippen molar-refractivity contribution in [2.24, 2.45) is 0 Å². The minimum absolute atomic E-state index is 0.441. The second-order valence-corrected chi connectivity index (χ2v) is 8.81. The normalized spacial score (nSPS) is 18.0. The largest absolute Gasteiger partial charge is 0.497 e. The van der Waals surface area contributed by atoms with E-state index in [0.29, 0.717) is 31.1 Å². The Labute approximate surface area is 155 Å². The first kappa shape index (κ1) is 17.4. The molecule has 5 nitrogen and oxygen atoms in total. The molecule has 0 atom stereocenters. The molecule has 0 spiro atoms. The Morgan fingerprint density at radius 3 is 2.27 bits per heavy atom. The molecule has 1 fully saturated rings. The van der Waals surface area contributed by atoms with Gasteiger partial charge in [0.25, 0.3) is 0 Å². The molecule has 2 aliphatic rings. The Morgan fingerprint density at radius 1 is 0.885 bits per heavy atom. The van der Waals surface area contributed by atoms with Gasteiger partial charge in [0.05, 0.1) is 12.0 Å². The lowest BCUT2D eigenvalue weighted by Crippen LogP contribution is -2.48. The van der Waals surface area contributed by atoms with E-state index in [1.54, 1.807) is 17.5 Å². The van der Waals surface area contributed by atoms with Crippen molar-refractivity contribution in [3.63, 3.8) is 0 Å². The number of fused-ring (bicyclic) bond motifs is 1. The molecule has 4 rings (SSSR count). The van der Waals surface area contributed by atoms with Gasteiger partial charge in [0.2, 0.25) is 10.0 Å². The van der Waals surface area contributed by atoms with Crippen LogP contribution in [0.1, 0.15) is 17.5 Å². The van der Waals surface area contributed by atoms with Crippen LogP contribution in [-0.4, -0.2) is 46.0 Å². The first-order valence-electron chi connectivity index (χ1n) is 9.09. The Balaban J connectivity index is 1.46. The number of piperazine rings is 1. The molecule has 0 bridgehead atoms. The summed E-state index contributed by atoms with van der Waals surface area (Å²) in [5, 5.41) is 0. The second kappa shape index (κ2) is 6.93. The zero-order valence-corrected chi connectivity index (χ0v) is 15.8. The predicted molar refractivity (Wildman–Crippen MR) is 102 cm³/mol. The average molecular weight is 372 g/mol. The zero-order valence-electron chi connectivity index (χ0n) is 15.0. The van der Waals surface area contributed by atoms with E-state index in [1.807, 2.05) is 36.4 Å². The highest BCUT2D eigenvalue weighted by Crippen LogP contribution is 2.27. The maximum absolute atomic E-state index is 13.0. The average Bonchev–Trinajstić information content (AvgIpc) is 3.16. The fourth-order valence-electron chi connectivity index (χ4n) is 3.84. The van der Waals surface area contributed by atoms with Crippen molar-refractivity contribution in [3.05, 3.63) is 53.6 Å². The van der Waals surface area contributed by atoms with Gasteiger partial charge < -0.3 is 9.64 Å². The standard InChI is InChI=1S/C20H24N2O3S/c1-25-19-8-6-18(7-9-19)21-11-13-22(14-12-21)26(23,24)20-10-5-16-3-2-4-17(16)15-20/h5-10,15H,2-4,11-14H2,1H3. The van der Waals surface area contributed by atoms with Crippen molar-refractivity contribution in [2.75, 3.05) is 38.2 Å². The van der Waals surface area contributed by atoms with E-state index >= 15 is 0 Å². The van der Waals surface area contributed by atoms with Gasteiger partial charge >= 0.3 is 0 Å². The van der Waals surface area contributed by atoms with E-state index in [2.05, 4.69) is 4.90 Å². The van der Waals surface area contributed by atoms with Crippen LogP contribution in [0.15, 0.2) is 47.4 Å². The van der Waals surface area contributed by atoms with E-state index in [4.69, 9.17) is 4.74 Å².